The van der Waals surface area contributed by atoms with Crippen LogP contribution in [-0.4, -0.2) is 42.0 Å². The number of hydrogen-bond acceptors (Lipinski definition) is 6. The van der Waals surface area contributed by atoms with Crippen molar-refractivity contribution < 1.29 is 22.5 Å². The van der Waals surface area contributed by atoms with E-state index in [1.54, 1.807) is 72.9 Å². The molecule has 9 heteroatoms. The van der Waals surface area contributed by atoms with Crippen molar-refractivity contribution >= 4 is 39.9 Å². The fourth-order valence-corrected chi connectivity index (χ4v) is 5.65. The van der Waals surface area contributed by atoms with Gasteiger partial charge >= 0.3 is 7.12 Å². The molecule has 1 fully saturated rings. The Morgan fingerprint density at radius 2 is 1.54 bits per heavy atom. The number of rotatable bonds is 5. The first-order chi connectivity index (χ1) is 16.5. The van der Waals surface area contributed by atoms with Crippen LogP contribution in [0.25, 0.3) is 22.3 Å². The Hall–Kier alpha value is -3.27. The maximum Gasteiger partial charge on any atom is 0.495 e. The van der Waals surface area contributed by atoms with E-state index >= 15 is 0 Å². The third-order valence-electron chi connectivity index (χ3n) is 6.83. The van der Waals surface area contributed by atoms with Crippen molar-refractivity contribution in [3.05, 3.63) is 78.5 Å². The minimum atomic E-state index is -4.00. The predicted octanol–water partition coefficient (Wildman–Crippen LogP) is 4.05. The van der Waals surface area contributed by atoms with Crippen LogP contribution in [0.4, 0.5) is 0 Å². The van der Waals surface area contributed by atoms with Crippen LogP contribution in [0.3, 0.4) is 0 Å². The van der Waals surface area contributed by atoms with Crippen LogP contribution in [0.5, 0.6) is 0 Å². The number of carbonyl (C=O) groups is 1. The SMILES string of the molecule is CC1(C)OB(c2ccnc3c2cc(-c2ccc(C=O)cc2)n3S(=O)(=O)c2ccccc2)OC1(C)C. The molecule has 178 valence electrons. The molecule has 3 heterocycles. The van der Waals surface area contributed by atoms with Crippen molar-refractivity contribution in [2.24, 2.45) is 0 Å². The lowest BCUT2D eigenvalue weighted by Crippen LogP contribution is -2.41. The number of fused-ring (bicyclic) bond motifs is 1. The number of aldehydes is 1. The number of carbonyl (C=O) groups excluding carboxylic acids is 1. The molecule has 5 rings (SSSR count). The van der Waals surface area contributed by atoms with Gasteiger partial charge in [-0.2, -0.15) is 0 Å². The van der Waals surface area contributed by atoms with Crippen molar-refractivity contribution in [2.45, 2.75) is 43.8 Å². The van der Waals surface area contributed by atoms with Crippen LogP contribution in [0.1, 0.15) is 38.1 Å². The van der Waals surface area contributed by atoms with E-state index in [1.807, 2.05) is 27.7 Å². The molecule has 0 radical (unpaired) electrons. The minimum absolute atomic E-state index is 0.145. The van der Waals surface area contributed by atoms with Gasteiger partial charge in [-0.15, -0.1) is 0 Å². The van der Waals surface area contributed by atoms with Crippen LogP contribution in [0.15, 0.2) is 77.8 Å². The first kappa shape index (κ1) is 23.5. The first-order valence-corrected chi connectivity index (χ1v) is 12.7. The van der Waals surface area contributed by atoms with Crippen LogP contribution >= 0.6 is 0 Å². The summed E-state index contributed by atoms with van der Waals surface area (Å²) in [6.45, 7) is 7.87. The van der Waals surface area contributed by atoms with E-state index in [0.717, 1.165) is 6.29 Å². The predicted molar refractivity (Wildman–Crippen MR) is 135 cm³/mol. The smallest absolute Gasteiger partial charge is 0.399 e. The Kier molecular flexibility index (Phi) is 5.47. The Morgan fingerprint density at radius 3 is 2.14 bits per heavy atom. The summed E-state index contributed by atoms with van der Waals surface area (Å²) in [6.07, 6.45) is 2.32. The van der Waals surface area contributed by atoms with Gasteiger partial charge in [0.05, 0.1) is 21.8 Å². The molecule has 7 nitrogen and oxygen atoms in total. The van der Waals surface area contributed by atoms with Gasteiger partial charge in [0.1, 0.15) is 6.29 Å². The standard InChI is InChI=1S/C26H25BN2O5S/c1-25(2)26(3,4)34-27(33-25)22-14-15-28-24-21(22)16-23(19-12-10-18(17-30)11-13-19)29(24)35(31,32)20-8-6-5-7-9-20/h5-17H,1-4H3. The molecule has 0 spiro atoms. The molecule has 1 aliphatic heterocycles. The van der Waals surface area contributed by atoms with Gasteiger partial charge in [-0.25, -0.2) is 17.4 Å². The van der Waals surface area contributed by atoms with Crippen molar-refractivity contribution in [1.82, 2.24) is 8.96 Å². The summed E-state index contributed by atoms with van der Waals surface area (Å²) in [4.78, 5) is 15.8. The van der Waals surface area contributed by atoms with Gasteiger partial charge in [0.15, 0.2) is 5.65 Å². The second-order valence-corrected chi connectivity index (χ2v) is 11.4. The summed E-state index contributed by atoms with van der Waals surface area (Å²) < 4.78 is 41.5. The summed E-state index contributed by atoms with van der Waals surface area (Å²) in [6, 6.07) is 18.6. The highest BCUT2D eigenvalue weighted by Gasteiger charge is 2.52. The van der Waals surface area contributed by atoms with Crippen molar-refractivity contribution in [2.75, 3.05) is 0 Å². The third-order valence-corrected chi connectivity index (χ3v) is 8.54. The number of nitrogens with zero attached hydrogens (tertiary/aromatic N) is 2. The topological polar surface area (TPSA) is 87.5 Å². The van der Waals surface area contributed by atoms with Gasteiger partial charge in [0.25, 0.3) is 10.0 Å². The zero-order valence-electron chi connectivity index (χ0n) is 19.9. The van der Waals surface area contributed by atoms with Crippen LogP contribution in [0.2, 0.25) is 0 Å². The van der Waals surface area contributed by atoms with E-state index in [9.17, 15) is 13.2 Å². The van der Waals surface area contributed by atoms with E-state index in [4.69, 9.17) is 9.31 Å². The maximum atomic E-state index is 13.9. The molecule has 0 N–H and O–H groups in total. The van der Waals surface area contributed by atoms with Crippen molar-refractivity contribution in [3.8, 4) is 11.3 Å². The third kappa shape index (κ3) is 3.80. The van der Waals surface area contributed by atoms with E-state index in [-0.39, 0.29) is 10.5 Å². The van der Waals surface area contributed by atoms with Crippen LogP contribution in [0, 0.1) is 0 Å². The summed E-state index contributed by atoms with van der Waals surface area (Å²) in [7, 11) is -4.69. The van der Waals surface area contributed by atoms with Crippen molar-refractivity contribution in [3.63, 3.8) is 0 Å². The molecule has 1 aliphatic rings. The van der Waals surface area contributed by atoms with E-state index in [0.29, 0.717) is 27.7 Å². The van der Waals surface area contributed by atoms with Gasteiger partial charge in [0.2, 0.25) is 0 Å². The molecule has 0 aliphatic carbocycles. The molecule has 0 saturated carbocycles. The van der Waals surface area contributed by atoms with E-state index in [2.05, 4.69) is 4.98 Å². The van der Waals surface area contributed by atoms with Crippen LogP contribution in [-0.2, 0) is 19.3 Å². The molecule has 2 aromatic carbocycles. The number of aromatic nitrogens is 2. The largest absolute Gasteiger partial charge is 0.495 e. The number of benzene rings is 2. The molecule has 1 saturated heterocycles. The molecule has 0 bridgehead atoms. The summed E-state index contributed by atoms with van der Waals surface area (Å²) in [5.74, 6) is 0. The lowest BCUT2D eigenvalue weighted by atomic mass is 9.78. The Bertz CT molecular complexity index is 1510. The van der Waals surface area contributed by atoms with E-state index < -0.39 is 28.3 Å². The second kappa shape index (κ2) is 8.15. The molecule has 4 aromatic rings. The highest BCUT2D eigenvalue weighted by atomic mass is 32.2. The lowest BCUT2D eigenvalue weighted by Gasteiger charge is -2.32. The molecular formula is C26H25BN2O5S. The number of hydrogen-bond donors (Lipinski definition) is 0. The fraction of sp³-hybridized carbons (Fsp3) is 0.231. The Labute approximate surface area is 204 Å². The Balaban J connectivity index is 1.77. The maximum absolute atomic E-state index is 13.9. The van der Waals surface area contributed by atoms with E-state index in [1.165, 1.54) is 3.97 Å². The van der Waals surface area contributed by atoms with Gasteiger partial charge in [-0.3, -0.25) is 4.79 Å². The lowest BCUT2D eigenvalue weighted by molar-refractivity contribution is 0.00578. The zero-order chi connectivity index (χ0) is 25.0. The normalized spacial score (nSPS) is 17.1. The van der Waals surface area contributed by atoms with Gasteiger partial charge in [0, 0.05) is 17.1 Å². The summed E-state index contributed by atoms with van der Waals surface area (Å²) >= 11 is 0. The molecular weight excluding hydrogens is 463 g/mol. The average molecular weight is 488 g/mol. The van der Waals surface area contributed by atoms with Crippen molar-refractivity contribution in [1.29, 1.82) is 0 Å². The summed E-state index contributed by atoms with van der Waals surface area (Å²) in [5.41, 5.74) is 1.42. The zero-order valence-corrected chi connectivity index (χ0v) is 20.7. The molecule has 0 amide bonds. The Morgan fingerprint density at radius 1 is 0.914 bits per heavy atom. The average Bonchev–Trinajstić information content (AvgIpc) is 3.34. The molecule has 35 heavy (non-hydrogen) atoms. The molecule has 2 aromatic heterocycles. The van der Waals surface area contributed by atoms with Gasteiger partial charge in [-0.05, 0) is 63.0 Å². The summed E-state index contributed by atoms with van der Waals surface area (Å²) in [5, 5.41) is 0.611. The second-order valence-electron chi connectivity index (χ2n) is 9.58. The van der Waals surface area contributed by atoms with Gasteiger partial charge < -0.3 is 9.31 Å². The highest BCUT2D eigenvalue weighted by molar-refractivity contribution is 7.90. The number of pyridine rings is 1. The monoisotopic (exact) mass is 488 g/mol. The van der Waals surface area contributed by atoms with Crippen LogP contribution < -0.4 is 5.46 Å². The van der Waals surface area contributed by atoms with Gasteiger partial charge in [-0.1, -0.05) is 42.5 Å². The first-order valence-electron chi connectivity index (χ1n) is 11.3. The highest BCUT2D eigenvalue weighted by Crippen LogP contribution is 2.38. The minimum Gasteiger partial charge on any atom is -0.399 e. The fourth-order valence-electron chi connectivity index (χ4n) is 4.15. The quantitative estimate of drug-likeness (QED) is 0.311. The molecule has 0 unspecified atom stereocenters. The molecule has 0 atom stereocenters.